The number of methoxy groups -OCH3 is 1. The van der Waals surface area contributed by atoms with E-state index in [0.29, 0.717) is 24.5 Å². The number of anilines is 2. The highest BCUT2D eigenvalue weighted by atomic mass is 35.5. The average molecular weight is 293 g/mol. The van der Waals surface area contributed by atoms with Crippen molar-refractivity contribution in [2.75, 3.05) is 42.3 Å². The predicted octanol–water partition coefficient (Wildman–Crippen LogP) is 0.934. The van der Waals surface area contributed by atoms with Crippen LogP contribution in [-0.4, -0.2) is 40.1 Å². The van der Waals surface area contributed by atoms with Crippen molar-refractivity contribution in [2.24, 2.45) is 0 Å². The molecule has 0 aliphatic carbocycles. The lowest BCUT2D eigenvalue weighted by Gasteiger charge is -2.29. The van der Waals surface area contributed by atoms with Crippen LogP contribution < -0.4 is 15.4 Å². The molecule has 102 valence electrons. The lowest BCUT2D eigenvalue weighted by Crippen LogP contribution is -2.40. The number of rotatable bonds is 2. The summed E-state index contributed by atoms with van der Waals surface area (Å²) in [6.45, 7) is 1.05. The molecule has 0 atom stereocenters. The molecule has 1 aromatic carbocycles. The largest absolute Gasteiger partial charge is 0.495 e. The van der Waals surface area contributed by atoms with Gasteiger partial charge in [-0.3, -0.25) is 0 Å². The highest BCUT2D eigenvalue weighted by Crippen LogP contribution is 2.28. The molecule has 0 aromatic heterocycles. The van der Waals surface area contributed by atoms with Crippen LogP contribution in [0.25, 0.3) is 0 Å². The molecule has 7 heteroatoms. The van der Waals surface area contributed by atoms with Crippen LogP contribution in [0, 0.1) is 0 Å². The highest BCUT2D eigenvalue weighted by molar-refractivity contribution is 7.91. The van der Waals surface area contributed by atoms with Crippen molar-refractivity contribution < 1.29 is 13.2 Å². The lowest BCUT2D eigenvalue weighted by atomic mass is 10.2. The molecular formula is C11H17ClN2O3S. The second-order valence-electron chi connectivity index (χ2n) is 4.07. The molecule has 1 saturated heterocycles. The summed E-state index contributed by atoms with van der Waals surface area (Å²) in [5, 5.41) is 0. The lowest BCUT2D eigenvalue weighted by molar-refractivity contribution is 0.417. The fourth-order valence-electron chi connectivity index (χ4n) is 1.87. The SMILES string of the molecule is COc1cc(N2CCS(=O)(=O)CC2)ccc1N.Cl. The first kappa shape index (κ1) is 14.9. The van der Waals surface area contributed by atoms with Gasteiger partial charge in [-0.2, -0.15) is 0 Å². The van der Waals surface area contributed by atoms with Gasteiger partial charge in [-0.1, -0.05) is 0 Å². The van der Waals surface area contributed by atoms with Gasteiger partial charge >= 0.3 is 0 Å². The number of nitrogens with two attached hydrogens (primary N) is 1. The number of hydrogen-bond acceptors (Lipinski definition) is 5. The molecule has 18 heavy (non-hydrogen) atoms. The van der Waals surface area contributed by atoms with Gasteiger partial charge in [0.25, 0.3) is 0 Å². The summed E-state index contributed by atoms with van der Waals surface area (Å²) in [6.07, 6.45) is 0. The van der Waals surface area contributed by atoms with Crippen LogP contribution in [0.1, 0.15) is 0 Å². The zero-order valence-electron chi connectivity index (χ0n) is 10.1. The van der Waals surface area contributed by atoms with E-state index < -0.39 is 9.84 Å². The minimum absolute atomic E-state index is 0. The maximum atomic E-state index is 11.3. The van der Waals surface area contributed by atoms with E-state index in [1.165, 1.54) is 0 Å². The van der Waals surface area contributed by atoms with E-state index in [-0.39, 0.29) is 23.9 Å². The van der Waals surface area contributed by atoms with Crippen LogP contribution >= 0.6 is 12.4 Å². The van der Waals surface area contributed by atoms with Gasteiger partial charge in [0.15, 0.2) is 9.84 Å². The molecule has 0 amide bonds. The molecule has 0 radical (unpaired) electrons. The van der Waals surface area contributed by atoms with Gasteiger partial charge in [-0.25, -0.2) is 8.42 Å². The van der Waals surface area contributed by atoms with Crippen molar-refractivity contribution in [2.45, 2.75) is 0 Å². The molecule has 1 aliphatic heterocycles. The number of benzene rings is 1. The Hall–Kier alpha value is -1.14. The fraction of sp³-hybridized carbons (Fsp3) is 0.455. The topological polar surface area (TPSA) is 72.6 Å². The monoisotopic (exact) mass is 292 g/mol. The van der Waals surface area contributed by atoms with E-state index >= 15 is 0 Å². The van der Waals surface area contributed by atoms with Gasteiger partial charge in [-0.15, -0.1) is 12.4 Å². The smallest absolute Gasteiger partial charge is 0.153 e. The first-order valence-electron chi connectivity index (χ1n) is 5.41. The summed E-state index contributed by atoms with van der Waals surface area (Å²) in [5.41, 5.74) is 7.27. The standard InChI is InChI=1S/C11H16N2O3S.ClH/c1-16-11-8-9(2-3-10(11)12)13-4-6-17(14,15)7-5-13;/h2-3,8H,4-7,12H2,1H3;1H. The fourth-order valence-corrected chi connectivity index (χ4v) is 3.07. The third-order valence-electron chi connectivity index (χ3n) is 2.93. The summed E-state index contributed by atoms with van der Waals surface area (Å²) in [6, 6.07) is 5.50. The van der Waals surface area contributed by atoms with Crippen LogP contribution in [0.4, 0.5) is 11.4 Å². The van der Waals surface area contributed by atoms with E-state index in [4.69, 9.17) is 10.5 Å². The first-order valence-corrected chi connectivity index (χ1v) is 7.23. The van der Waals surface area contributed by atoms with Crippen molar-refractivity contribution >= 4 is 33.6 Å². The van der Waals surface area contributed by atoms with Crippen LogP contribution in [0.2, 0.25) is 0 Å². The predicted molar refractivity (Wildman–Crippen MR) is 75.5 cm³/mol. The van der Waals surface area contributed by atoms with Gasteiger partial charge in [-0.05, 0) is 12.1 Å². The number of ether oxygens (including phenoxy) is 1. The molecule has 1 fully saturated rings. The van der Waals surface area contributed by atoms with Crippen molar-refractivity contribution in [1.29, 1.82) is 0 Å². The number of nitrogens with zero attached hydrogens (tertiary/aromatic N) is 1. The third kappa shape index (κ3) is 3.20. The zero-order valence-corrected chi connectivity index (χ0v) is 11.8. The van der Waals surface area contributed by atoms with Gasteiger partial charge < -0.3 is 15.4 Å². The molecule has 1 aromatic rings. The Morgan fingerprint density at radius 1 is 1.28 bits per heavy atom. The molecule has 0 bridgehead atoms. The molecule has 0 spiro atoms. The van der Waals surface area contributed by atoms with E-state index in [2.05, 4.69) is 0 Å². The molecule has 0 unspecified atom stereocenters. The van der Waals surface area contributed by atoms with Crippen molar-refractivity contribution in [1.82, 2.24) is 0 Å². The molecule has 1 aliphatic rings. The van der Waals surface area contributed by atoms with E-state index in [1.54, 1.807) is 13.2 Å². The number of nitrogen functional groups attached to an aromatic ring is 1. The second kappa shape index (κ2) is 5.67. The Labute approximate surface area is 113 Å². The van der Waals surface area contributed by atoms with Gasteiger partial charge in [0.1, 0.15) is 5.75 Å². The Kier molecular flexibility index (Phi) is 4.70. The summed E-state index contributed by atoms with van der Waals surface area (Å²) < 4.78 is 27.8. The van der Waals surface area contributed by atoms with E-state index in [1.807, 2.05) is 17.0 Å². The number of halogens is 1. The van der Waals surface area contributed by atoms with Crippen molar-refractivity contribution in [3.05, 3.63) is 18.2 Å². The van der Waals surface area contributed by atoms with Crippen molar-refractivity contribution in [3.63, 3.8) is 0 Å². The van der Waals surface area contributed by atoms with E-state index in [0.717, 1.165) is 5.69 Å². The van der Waals surface area contributed by atoms with Crippen molar-refractivity contribution in [3.8, 4) is 5.75 Å². The summed E-state index contributed by atoms with van der Waals surface area (Å²) in [5.74, 6) is 1.04. The van der Waals surface area contributed by atoms with Crippen LogP contribution in [0.3, 0.4) is 0 Å². The molecule has 2 N–H and O–H groups in total. The number of hydrogen-bond donors (Lipinski definition) is 1. The Balaban J connectivity index is 0.00000162. The second-order valence-corrected chi connectivity index (χ2v) is 6.37. The number of sulfone groups is 1. The third-order valence-corrected chi connectivity index (χ3v) is 4.54. The molecule has 1 heterocycles. The average Bonchev–Trinajstić information content (AvgIpc) is 2.30. The normalized spacial score (nSPS) is 17.9. The van der Waals surface area contributed by atoms with Gasteiger partial charge in [0.05, 0.1) is 24.3 Å². The zero-order chi connectivity index (χ0) is 12.5. The first-order chi connectivity index (χ1) is 8.02. The maximum Gasteiger partial charge on any atom is 0.153 e. The molecule has 2 rings (SSSR count). The summed E-state index contributed by atoms with van der Waals surface area (Å²) in [4.78, 5) is 2.03. The van der Waals surface area contributed by atoms with Gasteiger partial charge in [0.2, 0.25) is 0 Å². The van der Waals surface area contributed by atoms with Crippen LogP contribution in [0.5, 0.6) is 5.75 Å². The van der Waals surface area contributed by atoms with Gasteiger partial charge in [0, 0.05) is 24.8 Å². The maximum absolute atomic E-state index is 11.3. The Morgan fingerprint density at radius 3 is 2.44 bits per heavy atom. The molecular weight excluding hydrogens is 276 g/mol. The Morgan fingerprint density at radius 2 is 1.89 bits per heavy atom. The van der Waals surface area contributed by atoms with Crippen LogP contribution in [-0.2, 0) is 9.84 Å². The summed E-state index contributed by atoms with van der Waals surface area (Å²) >= 11 is 0. The Bertz CT molecular complexity index is 505. The highest BCUT2D eigenvalue weighted by Gasteiger charge is 2.22. The van der Waals surface area contributed by atoms with E-state index in [9.17, 15) is 8.42 Å². The summed E-state index contributed by atoms with van der Waals surface area (Å²) in [7, 11) is -1.28. The molecule has 5 nitrogen and oxygen atoms in total. The minimum atomic E-state index is -2.85. The quantitative estimate of drug-likeness (QED) is 0.821. The molecule has 0 saturated carbocycles. The minimum Gasteiger partial charge on any atom is -0.495 e. The van der Waals surface area contributed by atoms with Crippen LogP contribution in [0.15, 0.2) is 18.2 Å².